The van der Waals surface area contributed by atoms with E-state index in [-0.39, 0.29) is 31.2 Å². The molecule has 11 nitrogen and oxygen atoms in total. The van der Waals surface area contributed by atoms with E-state index < -0.39 is 46.7 Å². The maximum absolute atomic E-state index is 12.6. The summed E-state index contributed by atoms with van der Waals surface area (Å²) in [5.41, 5.74) is -1.04. The zero-order valence-electron chi connectivity index (χ0n) is 19.8. The van der Waals surface area contributed by atoms with Crippen molar-refractivity contribution in [2.75, 3.05) is 25.5 Å². The monoisotopic (exact) mass is 503 g/mol. The van der Waals surface area contributed by atoms with Crippen LogP contribution in [0.2, 0.25) is 0 Å². The molecule has 192 valence electrons. The van der Waals surface area contributed by atoms with Crippen LogP contribution in [0.25, 0.3) is 0 Å². The van der Waals surface area contributed by atoms with E-state index in [1.807, 2.05) is 0 Å². The van der Waals surface area contributed by atoms with Crippen LogP contribution in [0.4, 0.5) is 4.79 Å². The molecule has 0 aromatic heterocycles. The van der Waals surface area contributed by atoms with Crippen LogP contribution in [0.15, 0.2) is 30.3 Å². The van der Waals surface area contributed by atoms with Crippen LogP contribution in [-0.4, -0.2) is 63.2 Å². The molecule has 0 spiro atoms. The highest BCUT2D eigenvalue weighted by Crippen LogP contribution is 2.27. The summed E-state index contributed by atoms with van der Waals surface area (Å²) in [5.74, 6) is -1.78. The highest BCUT2D eigenvalue weighted by molar-refractivity contribution is 7.86. The number of ether oxygens (including phenoxy) is 3. The molecule has 0 radical (unpaired) electrons. The van der Waals surface area contributed by atoms with E-state index in [2.05, 4.69) is 5.32 Å². The Morgan fingerprint density at radius 3 is 2.35 bits per heavy atom. The normalized spacial score (nSPS) is 13.4. The van der Waals surface area contributed by atoms with E-state index >= 15 is 0 Å². The summed E-state index contributed by atoms with van der Waals surface area (Å²) in [4.78, 5) is 35.3. The number of aliphatic hydroxyl groups is 1. The number of amides is 1. The van der Waals surface area contributed by atoms with Gasteiger partial charge in [0.15, 0.2) is 6.10 Å². The lowest BCUT2D eigenvalue weighted by Gasteiger charge is -2.29. The third-order valence-electron chi connectivity index (χ3n) is 4.44. The first-order valence-corrected chi connectivity index (χ1v) is 12.3. The number of hydrogen-bond donors (Lipinski definition) is 2. The van der Waals surface area contributed by atoms with Gasteiger partial charge < -0.3 is 24.6 Å². The molecule has 1 aromatic rings. The number of benzene rings is 1. The molecule has 2 atom stereocenters. The van der Waals surface area contributed by atoms with Crippen LogP contribution < -0.4 is 5.32 Å². The van der Waals surface area contributed by atoms with Gasteiger partial charge in [0.2, 0.25) is 5.91 Å². The van der Waals surface area contributed by atoms with Gasteiger partial charge in [-0.15, -0.1) is 0 Å². The summed E-state index contributed by atoms with van der Waals surface area (Å²) in [5, 5.41) is 13.0. The fourth-order valence-corrected chi connectivity index (χ4v) is 3.56. The van der Waals surface area contributed by atoms with E-state index in [0.717, 1.165) is 0 Å². The zero-order valence-corrected chi connectivity index (χ0v) is 20.6. The number of aliphatic hydroxyl groups excluding tert-OH is 1. The standard InChI is InChI=1S/C22H33NO10S/c1-5-13-30-21(27)33-20(17-10-7-6-8-11-17)32-19(26)18(25)22(3,4)15-31-34(28,29)14-9-12-23-16(2)24/h6-8,10-11,18,20,25H,5,9,12-15H2,1-4H3,(H,23,24)/t18-,20?/m0/s1. The second-order valence-electron chi connectivity index (χ2n) is 8.15. The van der Waals surface area contributed by atoms with Gasteiger partial charge in [0.1, 0.15) is 0 Å². The van der Waals surface area contributed by atoms with E-state index in [1.54, 1.807) is 37.3 Å². The van der Waals surface area contributed by atoms with Crippen molar-refractivity contribution >= 4 is 28.1 Å². The Hall–Kier alpha value is -2.70. The summed E-state index contributed by atoms with van der Waals surface area (Å²) in [6.07, 6.45) is -3.64. The van der Waals surface area contributed by atoms with Crippen molar-refractivity contribution in [2.45, 2.75) is 52.9 Å². The number of carbonyl (C=O) groups excluding carboxylic acids is 3. The molecule has 34 heavy (non-hydrogen) atoms. The van der Waals surface area contributed by atoms with Crippen molar-refractivity contribution < 1.29 is 46.3 Å². The number of carbonyl (C=O) groups is 3. The van der Waals surface area contributed by atoms with Gasteiger partial charge in [-0.25, -0.2) is 9.59 Å². The van der Waals surface area contributed by atoms with Gasteiger partial charge in [-0.1, -0.05) is 51.1 Å². The molecule has 0 aliphatic rings. The number of rotatable bonds is 14. The van der Waals surface area contributed by atoms with E-state index in [4.69, 9.17) is 18.4 Å². The van der Waals surface area contributed by atoms with Crippen LogP contribution in [0.1, 0.15) is 52.4 Å². The van der Waals surface area contributed by atoms with E-state index in [9.17, 15) is 27.9 Å². The van der Waals surface area contributed by atoms with Gasteiger partial charge >= 0.3 is 12.1 Å². The molecular formula is C22H33NO10S. The van der Waals surface area contributed by atoms with Gasteiger partial charge in [-0.05, 0) is 12.8 Å². The summed E-state index contributed by atoms with van der Waals surface area (Å²) in [6.45, 7) is 5.71. The second kappa shape index (κ2) is 13.9. The van der Waals surface area contributed by atoms with Gasteiger partial charge in [0.25, 0.3) is 16.4 Å². The van der Waals surface area contributed by atoms with Crippen molar-refractivity contribution in [3.05, 3.63) is 35.9 Å². The summed E-state index contributed by atoms with van der Waals surface area (Å²) in [7, 11) is -3.96. The predicted octanol–water partition coefficient (Wildman–Crippen LogP) is 2.05. The summed E-state index contributed by atoms with van der Waals surface area (Å²) >= 11 is 0. The average molecular weight is 504 g/mol. The first kappa shape index (κ1) is 29.3. The lowest BCUT2D eigenvalue weighted by atomic mass is 9.87. The smallest absolute Gasteiger partial charge is 0.434 e. The minimum absolute atomic E-state index is 0.112. The van der Waals surface area contributed by atoms with Crippen LogP contribution in [0.3, 0.4) is 0 Å². The molecular weight excluding hydrogens is 470 g/mol. The highest BCUT2D eigenvalue weighted by atomic mass is 32.2. The number of hydrogen-bond acceptors (Lipinski definition) is 10. The topological polar surface area (TPSA) is 155 Å². The minimum Gasteiger partial charge on any atom is -0.434 e. The van der Waals surface area contributed by atoms with Crippen molar-refractivity contribution in [3.63, 3.8) is 0 Å². The zero-order chi connectivity index (χ0) is 25.8. The molecule has 0 aliphatic heterocycles. The molecule has 1 amide bonds. The van der Waals surface area contributed by atoms with Gasteiger partial charge in [-0.2, -0.15) is 8.42 Å². The average Bonchev–Trinajstić information content (AvgIpc) is 2.79. The van der Waals surface area contributed by atoms with Crippen molar-refractivity contribution in [2.24, 2.45) is 5.41 Å². The lowest BCUT2D eigenvalue weighted by molar-refractivity contribution is -0.189. The lowest BCUT2D eigenvalue weighted by Crippen LogP contribution is -2.42. The molecule has 0 saturated heterocycles. The molecule has 0 saturated carbocycles. The summed E-state index contributed by atoms with van der Waals surface area (Å²) in [6, 6.07) is 8.10. The number of nitrogens with one attached hydrogen (secondary N) is 1. The molecule has 1 aromatic carbocycles. The second-order valence-corrected chi connectivity index (χ2v) is 9.91. The molecule has 0 heterocycles. The Kier molecular flexibility index (Phi) is 12.0. The molecule has 0 bridgehead atoms. The van der Waals surface area contributed by atoms with E-state index in [1.165, 1.54) is 20.8 Å². The number of esters is 1. The predicted molar refractivity (Wildman–Crippen MR) is 121 cm³/mol. The van der Waals surface area contributed by atoms with Gasteiger partial charge in [0.05, 0.1) is 19.0 Å². The van der Waals surface area contributed by atoms with Gasteiger partial charge in [-0.3, -0.25) is 8.98 Å². The largest absolute Gasteiger partial charge is 0.511 e. The summed E-state index contributed by atoms with van der Waals surface area (Å²) < 4.78 is 44.3. The fraction of sp³-hybridized carbons (Fsp3) is 0.591. The maximum atomic E-state index is 12.6. The molecule has 2 N–H and O–H groups in total. The van der Waals surface area contributed by atoms with Crippen molar-refractivity contribution in [3.8, 4) is 0 Å². The Bertz CT molecular complexity index is 902. The van der Waals surface area contributed by atoms with Crippen molar-refractivity contribution in [1.29, 1.82) is 0 Å². The first-order chi connectivity index (χ1) is 15.9. The SMILES string of the molecule is CCCOC(=O)OC(OC(=O)[C@H](O)C(C)(C)COS(=O)(=O)CCCNC(C)=O)c1ccccc1. The molecule has 0 aliphatic carbocycles. The van der Waals surface area contributed by atoms with Gasteiger partial charge in [0, 0.05) is 24.4 Å². The van der Waals surface area contributed by atoms with Crippen LogP contribution in [0, 0.1) is 5.41 Å². The maximum Gasteiger partial charge on any atom is 0.511 e. The Morgan fingerprint density at radius 2 is 1.76 bits per heavy atom. The van der Waals surface area contributed by atoms with Crippen LogP contribution in [0.5, 0.6) is 0 Å². The third kappa shape index (κ3) is 10.9. The molecule has 1 rings (SSSR count). The Morgan fingerprint density at radius 1 is 1.12 bits per heavy atom. The first-order valence-electron chi connectivity index (χ1n) is 10.8. The highest BCUT2D eigenvalue weighted by Gasteiger charge is 2.38. The Labute approximate surface area is 199 Å². The van der Waals surface area contributed by atoms with E-state index in [0.29, 0.717) is 12.0 Å². The molecule has 12 heteroatoms. The Balaban J connectivity index is 2.76. The third-order valence-corrected chi connectivity index (χ3v) is 5.71. The minimum atomic E-state index is -3.96. The van der Waals surface area contributed by atoms with Crippen molar-refractivity contribution in [1.82, 2.24) is 5.32 Å². The molecule has 1 unspecified atom stereocenters. The molecule has 0 fully saturated rings. The quantitative estimate of drug-likeness (QED) is 0.167. The fourth-order valence-electron chi connectivity index (χ4n) is 2.46. The van der Waals surface area contributed by atoms with Crippen LogP contribution in [-0.2, 0) is 38.1 Å². The van der Waals surface area contributed by atoms with Crippen LogP contribution >= 0.6 is 0 Å².